The molecule has 0 unspecified atom stereocenters. The lowest BCUT2D eigenvalue weighted by molar-refractivity contribution is -0.137. The summed E-state index contributed by atoms with van der Waals surface area (Å²) in [6.07, 6.45) is 7.60. The second-order valence-corrected chi connectivity index (χ2v) is 4.73. The molecule has 0 radical (unpaired) electrons. The number of aliphatic carboxylic acids is 1. The minimum atomic E-state index is -1.01. The lowest BCUT2D eigenvalue weighted by atomic mass is 10.0. The number of carbonyl (C=O) groups is 2. The van der Waals surface area contributed by atoms with Gasteiger partial charge in [0, 0.05) is 13.1 Å². The summed E-state index contributed by atoms with van der Waals surface area (Å²) in [6.45, 7) is 4.10. The summed E-state index contributed by atoms with van der Waals surface area (Å²) in [4.78, 5) is 23.6. The molecule has 102 valence electrons. The summed E-state index contributed by atoms with van der Waals surface area (Å²) in [5.41, 5.74) is 0. The predicted octanol–water partition coefficient (Wildman–Crippen LogP) is 1.85. The standard InChI is InChI=1S/C13H22N2O3/c1-2-9-15(10-12(16)17)13(18)14-8-7-11-5-3-4-6-11/h2,11H,1,3-10H2,(H,14,18)(H,16,17). The molecular weight excluding hydrogens is 232 g/mol. The van der Waals surface area contributed by atoms with Gasteiger partial charge in [-0.1, -0.05) is 31.8 Å². The van der Waals surface area contributed by atoms with Gasteiger partial charge < -0.3 is 15.3 Å². The van der Waals surface area contributed by atoms with E-state index in [0.29, 0.717) is 6.54 Å². The molecule has 0 saturated heterocycles. The summed E-state index contributed by atoms with van der Waals surface area (Å²) in [6, 6.07) is -0.324. The maximum atomic E-state index is 11.7. The number of hydrogen-bond donors (Lipinski definition) is 2. The second-order valence-electron chi connectivity index (χ2n) is 4.73. The molecule has 1 aliphatic carbocycles. The normalized spacial score (nSPS) is 15.3. The quantitative estimate of drug-likeness (QED) is 0.681. The minimum absolute atomic E-state index is 0.252. The van der Waals surface area contributed by atoms with Gasteiger partial charge in [-0.25, -0.2) is 4.79 Å². The summed E-state index contributed by atoms with van der Waals surface area (Å²) >= 11 is 0. The van der Waals surface area contributed by atoms with Crippen molar-refractivity contribution in [2.75, 3.05) is 19.6 Å². The van der Waals surface area contributed by atoms with Crippen molar-refractivity contribution in [1.82, 2.24) is 10.2 Å². The summed E-state index contributed by atoms with van der Waals surface area (Å²) in [5.74, 6) is -0.291. The van der Waals surface area contributed by atoms with E-state index in [-0.39, 0.29) is 19.1 Å². The molecule has 0 aromatic heterocycles. The number of carboxylic acid groups (broad SMARTS) is 1. The summed E-state index contributed by atoms with van der Waals surface area (Å²) in [5, 5.41) is 11.5. The van der Waals surface area contributed by atoms with Crippen LogP contribution in [0.25, 0.3) is 0 Å². The fourth-order valence-electron chi connectivity index (χ4n) is 2.33. The van der Waals surface area contributed by atoms with Crippen molar-refractivity contribution in [3.8, 4) is 0 Å². The highest BCUT2D eigenvalue weighted by Gasteiger charge is 2.17. The molecule has 2 N–H and O–H groups in total. The van der Waals surface area contributed by atoms with Gasteiger partial charge in [0.15, 0.2) is 0 Å². The molecule has 1 aliphatic rings. The molecule has 5 heteroatoms. The van der Waals surface area contributed by atoms with Gasteiger partial charge in [-0.15, -0.1) is 6.58 Å². The van der Waals surface area contributed by atoms with E-state index in [1.54, 1.807) is 0 Å². The third-order valence-electron chi connectivity index (χ3n) is 3.27. The highest BCUT2D eigenvalue weighted by Crippen LogP contribution is 2.26. The van der Waals surface area contributed by atoms with Crippen LogP contribution in [-0.4, -0.2) is 41.6 Å². The van der Waals surface area contributed by atoms with Crippen molar-refractivity contribution in [3.63, 3.8) is 0 Å². The molecule has 0 spiro atoms. The lowest BCUT2D eigenvalue weighted by Crippen LogP contribution is -2.43. The Kier molecular flexibility index (Phi) is 6.25. The van der Waals surface area contributed by atoms with E-state index in [1.165, 1.54) is 36.7 Å². The fraction of sp³-hybridized carbons (Fsp3) is 0.692. The van der Waals surface area contributed by atoms with Gasteiger partial charge in [0.05, 0.1) is 0 Å². The van der Waals surface area contributed by atoms with Gasteiger partial charge in [0.2, 0.25) is 0 Å². The molecule has 2 amide bonds. The van der Waals surface area contributed by atoms with Crippen molar-refractivity contribution in [2.45, 2.75) is 32.1 Å². The number of urea groups is 1. The average molecular weight is 254 g/mol. The summed E-state index contributed by atoms with van der Waals surface area (Å²) < 4.78 is 0. The molecule has 5 nitrogen and oxygen atoms in total. The number of amides is 2. The maximum absolute atomic E-state index is 11.7. The van der Waals surface area contributed by atoms with Crippen LogP contribution in [0.15, 0.2) is 12.7 Å². The molecule has 0 heterocycles. The molecular formula is C13H22N2O3. The van der Waals surface area contributed by atoms with E-state index >= 15 is 0 Å². The second kappa shape index (κ2) is 7.74. The molecule has 1 saturated carbocycles. The van der Waals surface area contributed by atoms with Crippen LogP contribution in [0.2, 0.25) is 0 Å². The molecule has 1 rings (SSSR count). The van der Waals surface area contributed by atoms with Crippen LogP contribution in [0.1, 0.15) is 32.1 Å². The van der Waals surface area contributed by atoms with Crippen LogP contribution in [-0.2, 0) is 4.79 Å². The van der Waals surface area contributed by atoms with E-state index < -0.39 is 5.97 Å². The van der Waals surface area contributed by atoms with Crippen LogP contribution >= 0.6 is 0 Å². The third-order valence-corrected chi connectivity index (χ3v) is 3.27. The van der Waals surface area contributed by atoms with Gasteiger partial charge in [-0.3, -0.25) is 4.79 Å². The number of hydrogen-bond acceptors (Lipinski definition) is 2. The minimum Gasteiger partial charge on any atom is -0.480 e. The molecule has 0 aromatic rings. The van der Waals surface area contributed by atoms with E-state index in [4.69, 9.17) is 5.11 Å². The lowest BCUT2D eigenvalue weighted by Gasteiger charge is -2.20. The number of carboxylic acids is 1. The zero-order valence-corrected chi connectivity index (χ0v) is 10.7. The zero-order valence-electron chi connectivity index (χ0n) is 10.7. The number of rotatable bonds is 7. The molecule has 0 atom stereocenters. The van der Waals surface area contributed by atoms with Crippen LogP contribution in [0.5, 0.6) is 0 Å². The highest BCUT2D eigenvalue weighted by molar-refractivity contribution is 5.80. The Labute approximate surface area is 108 Å². The maximum Gasteiger partial charge on any atom is 0.323 e. The van der Waals surface area contributed by atoms with Gasteiger partial charge in [0.1, 0.15) is 6.54 Å². The first-order valence-electron chi connectivity index (χ1n) is 6.49. The first-order chi connectivity index (χ1) is 8.63. The van der Waals surface area contributed by atoms with Crippen molar-refractivity contribution in [2.24, 2.45) is 5.92 Å². The van der Waals surface area contributed by atoms with Crippen molar-refractivity contribution in [3.05, 3.63) is 12.7 Å². The van der Waals surface area contributed by atoms with E-state index in [2.05, 4.69) is 11.9 Å². The van der Waals surface area contributed by atoms with Crippen LogP contribution in [0.4, 0.5) is 4.79 Å². The van der Waals surface area contributed by atoms with Crippen molar-refractivity contribution in [1.29, 1.82) is 0 Å². The smallest absolute Gasteiger partial charge is 0.323 e. The number of nitrogens with zero attached hydrogens (tertiary/aromatic N) is 1. The van der Waals surface area contributed by atoms with Gasteiger partial charge in [-0.05, 0) is 12.3 Å². The number of nitrogens with one attached hydrogen (secondary N) is 1. The monoisotopic (exact) mass is 254 g/mol. The van der Waals surface area contributed by atoms with Crippen molar-refractivity contribution >= 4 is 12.0 Å². The largest absolute Gasteiger partial charge is 0.480 e. The zero-order chi connectivity index (χ0) is 13.4. The topological polar surface area (TPSA) is 69.6 Å². The molecule has 0 bridgehead atoms. The Bertz CT molecular complexity index is 299. The molecule has 0 aromatic carbocycles. The van der Waals surface area contributed by atoms with Gasteiger partial charge >= 0.3 is 12.0 Å². The van der Waals surface area contributed by atoms with E-state index in [9.17, 15) is 9.59 Å². The SMILES string of the molecule is C=CCN(CC(=O)O)C(=O)NCCC1CCCC1. The first-order valence-corrected chi connectivity index (χ1v) is 6.49. The van der Waals surface area contributed by atoms with Crippen LogP contribution in [0.3, 0.4) is 0 Å². The van der Waals surface area contributed by atoms with E-state index in [1.807, 2.05) is 0 Å². The Morgan fingerprint density at radius 3 is 2.61 bits per heavy atom. The van der Waals surface area contributed by atoms with Gasteiger partial charge in [-0.2, -0.15) is 0 Å². The Balaban J connectivity index is 2.26. The van der Waals surface area contributed by atoms with Gasteiger partial charge in [0.25, 0.3) is 0 Å². The Morgan fingerprint density at radius 1 is 1.39 bits per heavy atom. The van der Waals surface area contributed by atoms with Crippen LogP contribution < -0.4 is 5.32 Å². The predicted molar refractivity (Wildman–Crippen MR) is 69.4 cm³/mol. The molecule has 18 heavy (non-hydrogen) atoms. The van der Waals surface area contributed by atoms with E-state index in [0.717, 1.165) is 12.3 Å². The Hall–Kier alpha value is -1.52. The highest BCUT2D eigenvalue weighted by atomic mass is 16.4. The third kappa shape index (κ3) is 5.21. The first kappa shape index (κ1) is 14.5. The molecule has 0 aliphatic heterocycles. The summed E-state index contributed by atoms with van der Waals surface area (Å²) in [7, 11) is 0. The molecule has 1 fully saturated rings. The fourth-order valence-corrected chi connectivity index (χ4v) is 2.33. The number of carbonyl (C=O) groups excluding carboxylic acids is 1. The van der Waals surface area contributed by atoms with Crippen LogP contribution in [0, 0.1) is 5.92 Å². The average Bonchev–Trinajstić information content (AvgIpc) is 2.81. The van der Waals surface area contributed by atoms with Crippen molar-refractivity contribution < 1.29 is 14.7 Å². The Morgan fingerprint density at radius 2 is 2.06 bits per heavy atom.